The Kier molecular flexibility index (Phi) is 3.38. The lowest BCUT2D eigenvalue weighted by molar-refractivity contribution is 0.00708. The zero-order valence-electron chi connectivity index (χ0n) is 9.20. The molecule has 2 rings (SSSR count). The number of nitrogens with zero attached hydrogens (tertiary/aromatic N) is 2. The molecule has 82 valence electrons. The molecule has 0 radical (unpaired) electrons. The Morgan fingerprint density at radius 1 is 1.21 bits per heavy atom. The summed E-state index contributed by atoms with van der Waals surface area (Å²) in [5.41, 5.74) is 0. The van der Waals surface area contributed by atoms with Gasteiger partial charge in [0.25, 0.3) is 0 Å². The molecular weight excluding hydrogens is 178 g/mol. The highest BCUT2D eigenvalue weighted by Crippen LogP contribution is 2.15. The average Bonchev–Trinajstić information content (AvgIpc) is 2.67. The summed E-state index contributed by atoms with van der Waals surface area (Å²) in [6.07, 6.45) is 1.99. The molecule has 0 bridgehead atoms. The van der Waals surface area contributed by atoms with Gasteiger partial charge in [-0.05, 0) is 20.0 Å². The van der Waals surface area contributed by atoms with Crippen molar-refractivity contribution in [2.75, 3.05) is 46.9 Å². The number of hydrogen-bond acceptors (Lipinski definition) is 4. The van der Waals surface area contributed by atoms with Crippen LogP contribution in [-0.4, -0.2) is 69.0 Å². The second-order valence-corrected chi connectivity index (χ2v) is 4.30. The van der Waals surface area contributed by atoms with Crippen LogP contribution in [0.1, 0.15) is 6.42 Å². The Balaban J connectivity index is 1.88. The second kappa shape index (κ2) is 4.57. The summed E-state index contributed by atoms with van der Waals surface area (Å²) in [5, 5.41) is 3.52. The van der Waals surface area contributed by atoms with Crippen molar-refractivity contribution in [1.29, 1.82) is 0 Å². The molecule has 0 aromatic heterocycles. The van der Waals surface area contributed by atoms with Crippen LogP contribution in [0.25, 0.3) is 0 Å². The van der Waals surface area contributed by atoms with Gasteiger partial charge in [-0.15, -0.1) is 0 Å². The predicted octanol–water partition coefficient (Wildman–Crippen LogP) is -0.432. The highest BCUT2D eigenvalue weighted by Gasteiger charge is 2.32. The minimum Gasteiger partial charge on any atom is -0.378 e. The molecule has 2 aliphatic rings. The average molecular weight is 199 g/mol. The zero-order chi connectivity index (χ0) is 9.97. The monoisotopic (exact) mass is 199 g/mol. The van der Waals surface area contributed by atoms with Crippen LogP contribution < -0.4 is 5.32 Å². The number of rotatable bonds is 2. The molecule has 0 saturated carbocycles. The molecule has 1 N–H and O–H groups in total. The van der Waals surface area contributed by atoms with E-state index in [1.165, 1.54) is 13.1 Å². The number of methoxy groups -OCH3 is 1. The lowest BCUT2D eigenvalue weighted by Crippen LogP contribution is -2.55. The number of hydrogen-bond donors (Lipinski definition) is 1. The van der Waals surface area contributed by atoms with E-state index in [4.69, 9.17) is 4.74 Å². The summed E-state index contributed by atoms with van der Waals surface area (Å²) in [7, 11) is 4.01. The summed E-state index contributed by atoms with van der Waals surface area (Å²) < 4.78 is 5.49. The van der Waals surface area contributed by atoms with Gasteiger partial charge in [0.1, 0.15) is 0 Å². The van der Waals surface area contributed by atoms with E-state index in [0.29, 0.717) is 12.3 Å². The van der Waals surface area contributed by atoms with Crippen LogP contribution in [0.15, 0.2) is 0 Å². The van der Waals surface area contributed by atoms with Crippen molar-refractivity contribution in [3.63, 3.8) is 0 Å². The molecule has 2 heterocycles. The first-order valence-corrected chi connectivity index (χ1v) is 5.50. The quantitative estimate of drug-likeness (QED) is 0.653. The third kappa shape index (κ3) is 2.08. The van der Waals surface area contributed by atoms with E-state index in [0.717, 1.165) is 26.1 Å². The lowest BCUT2D eigenvalue weighted by atomic mass is 10.2. The van der Waals surface area contributed by atoms with Gasteiger partial charge in [0.05, 0.1) is 12.3 Å². The second-order valence-electron chi connectivity index (χ2n) is 4.30. The number of ether oxygens (including phenoxy) is 1. The largest absolute Gasteiger partial charge is 0.378 e. The number of likely N-dealkylation sites (N-methyl/N-ethyl adjacent to an activating group) is 1. The maximum atomic E-state index is 5.49. The Morgan fingerprint density at radius 3 is 2.57 bits per heavy atom. The highest BCUT2D eigenvalue weighted by molar-refractivity contribution is 4.87. The van der Waals surface area contributed by atoms with E-state index in [-0.39, 0.29) is 0 Å². The van der Waals surface area contributed by atoms with Crippen molar-refractivity contribution in [2.45, 2.75) is 18.7 Å². The molecule has 0 aliphatic carbocycles. The molecule has 4 heteroatoms. The maximum absolute atomic E-state index is 5.49. The van der Waals surface area contributed by atoms with E-state index in [9.17, 15) is 0 Å². The van der Waals surface area contributed by atoms with Crippen molar-refractivity contribution in [3.05, 3.63) is 0 Å². The van der Waals surface area contributed by atoms with Crippen molar-refractivity contribution < 1.29 is 4.74 Å². The minimum atomic E-state index is 0.387. The fraction of sp³-hybridized carbons (Fsp3) is 1.00. The van der Waals surface area contributed by atoms with E-state index in [1.807, 2.05) is 7.11 Å². The van der Waals surface area contributed by atoms with Crippen LogP contribution in [0.5, 0.6) is 0 Å². The molecule has 0 amide bonds. The van der Waals surface area contributed by atoms with Gasteiger partial charge in [-0.2, -0.15) is 0 Å². The van der Waals surface area contributed by atoms with Gasteiger partial charge in [0, 0.05) is 33.3 Å². The van der Waals surface area contributed by atoms with Gasteiger partial charge in [-0.25, -0.2) is 0 Å². The van der Waals surface area contributed by atoms with Gasteiger partial charge < -0.3 is 9.64 Å². The van der Waals surface area contributed by atoms with E-state index in [2.05, 4.69) is 22.2 Å². The molecule has 0 aromatic rings. The fourth-order valence-corrected chi connectivity index (χ4v) is 2.37. The van der Waals surface area contributed by atoms with Crippen LogP contribution in [0.4, 0.5) is 0 Å². The Bertz CT molecular complexity index is 180. The Morgan fingerprint density at radius 2 is 1.93 bits per heavy atom. The summed E-state index contributed by atoms with van der Waals surface area (Å²) in [5.74, 6) is 0. The molecule has 2 unspecified atom stereocenters. The molecule has 0 aromatic carbocycles. The predicted molar refractivity (Wildman–Crippen MR) is 56.3 cm³/mol. The van der Waals surface area contributed by atoms with Crippen LogP contribution in [-0.2, 0) is 4.74 Å². The molecule has 14 heavy (non-hydrogen) atoms. The maximum Gasteiger partial charge on any atom is 0.0870 e. The molecule has 2 fully saturated rings. The van der Waals surface area contributed by atoms with Gasteiger partial charge >= 0.3 is 0 Å². The number of nitrogens with one attached hydrogen (secondary N) is 1. The lowest BCUT2D eigenvalue weighted by Gasteiger charge is -2.38. The summed E-state index contributed by atoms with van der Waals surface area (Å²) >= 11 is 0. The van der Waals surface area contributed by atoms with Crippen LogP contribution in [0.2, 0.25) is 0 Å². The van der Waals surface area contributed by atoms with E-state index < -0.39 is 0 Å². The number of piperazine rings is 1. The molecular formula is C10H21N3O. The van der Waals surface area contributed by atoms with Crippen molar-refractivity contribution in [2.24, 2.45) is 0 Å². The summed E-state index contributed by atoms with van der Waals surface area (Å²) in [4.78, 5) is 4.90. The SMILES string of the molecule is COC1CCNC1N1CCN(C)CC1. The van der Waals surface area contributed by atoms with Gasteiger partial charge in [-0.1, -0.05) is 0 Å². The molecule has 2 aliphatic heterocycles. The van der Waals surface area contributed by atoms with Gasteiger partial charge in [0.15, 0.2) is 0 Å². The molecule has 2 atom stereocenters. The van der Waals surface area contributed by atoms with Crippen LogP contribution in [0, 0.1) is 0 Å². The minimum absolute atomic E-state index is 0.387. The van der Waals surface area contributed by atoms with Crippen molar-refractivity contribution in [3.8, 4) is 0 Å². The normalized spacial score (nSPS) is 36.4. The summed E-state index contributed by atoms with van der Waals surface area (Å²) in [6.45, 7) is 5.76. The standard InChI is InChI=1S/C10H21N3O/c1-12-5-7-13(8-6-12)10-9(14-2)3-4-11-10/h9-11H,3-8H2,1-2H3. The third-order valence-electron chi connectivity index (χ3n) is 3.37. The first-order chi connectivity index (χ1) is 6.81. The first-order valence-electron chi connectivity index (χ1n) is 5.50. The van der Waals surface area contributed by atoms with Gasteiger partial charge in [-0.3, -0.25) is 10.2 Å². The van der Waals surface area contributed by atoms with Gasteiger partial charge in [0.2, 0.25) is 0 Å². The van der Waals surface area contributed by atoms with Crippen molar-refractivity contribution >= 4 is 0 Å². The fourth-order valence-electron chi connectivity index (χ4n) is 2.37. The summed E-state index contributed by atoms with van der Waals surface area (Å²) in [6, 6.07) is 0. The van der Waals surface area contributed by atoms with E-state index in [1.54, 1.807) is 0 Å². The van der Waals surface area contributed by atoms with Crippen LogP contribution >= 0.6 is 0 Å². The highest BCUT2D eigenvalue weighted by atomic mass is 16.5. The van der Waals surface area contributed by atoms with Crippen molar-refractivity contribution in [1.82, 2.24) is 15.1 Å². The topological polar surface area (TPSA) is 27.7 Å². The Labute approximate surface area is 86.2 Å². The smallest absolute Gasteiger partial charge is 0.0870 e. The molecule has 0 spiro atoms. The molecule has 4 nitrogen and oxygen atoms in total. The third-order valence-corrected chi connectivity index (χ3v) is 3.37. The molecule has 2 saturated heterocycles. The van der Waals surface area contributed by atoms with Crippen LogP contribution in [0.3, 0.4) is 0 Å². The zero-order valence-corrected chi connectivity index (χ0v) is 9.20. The Hall–Kier alpha value is -0.160. The van der Waals surface area contributed by atoms with E-state index >= 15 is 0 Å². The first kappa shape index (κ1) is 10.4.